The van der Waals surface area contributed by atoms with E-state index in [0.29, 0.717) is 39.0 Å². The van der Waals surface area contributed by atoms with Crippen molar-refractivity contribution in [2.45, 2.75) is 26.2 Å². The Morgan fingerprint density at radius 3 is 2.19 bits per heavy atom. The fourth-order valence-electron chi connectivity index (χ4n) is 2.32. The van der Waals surface area contributed by atoms with Crippen LogP contribution in [-0.2, 0) is 20.8 Å². The topological polar surface area (TPSA) is 57.7 Å². The highest BCUT2D eigenvalue weighted by atomic mass is 32.1. The second-order valence-electron chi connectivity index (χ2n) is 5.22. The molecule has 5 nitrogen and oxygen atoms in total. The van der Waals surface area contributed by atoms with Crippen LogP contribution in [0.5, 0.6) is 0 Å². The Bertz CT molecular complexity index is 505. The molecule has 0 unspecified atom stereocenters. The molecule has 1 aliphatic rings. The van der Waals surface area contributed by atoms with E-state index < -0.39 is 0 Å². The number of rotatable bonds is 5. The molecule has 1 aliphatic heterocycles. The lowest BCUT2D eigenvalue weighted by Gasteiger charge is -2.34. The highest BCUT2D eigenvalue weighted by molar-refractivity contribution is 7.10. The number of nitrogens with zero attached hydrogens (tertiary/aromatic N) is 2. The van der Waals surface area contributed by atoms with E-state index in [1.54, 1.807) is 16.2 Å². The summed E-state index contributed by atoms with van der Waals surface area (Å²) in [6.45, 7) is 3.78. The largest absolute Gasteiger partial charge is 0.339 e. The maximum absolute atomic E-state index is 12.1. The Balaban J connectivity index is 1.76. The van der Waals surface area contributed by atoms with Gasteiger partial charge in [-0.3, -0.25) is 9.59 Å². The van der Waals surface area contributed by atoms with Gasteiger partial charge in [0.05, 0.1) is 6.42 Å². The van der Waals surface area contributed by atoms with E-state index in [1.807, 2.05) is 22.4 Å². The first-order chi connectivity index (χ1) is 10.1. The molecule has 114 valence electrons. The first-order valence-electron chi connectivity index (χ1n) is 7.13. The summed E-state index contributed by atoms with van der Waals surface area (Å²) in [6, 6.07) is 3.91. The van der Waals surface area contributed by atoms with Gasteiger partial charge in [0, 0.05) is 43.9 Å². The van der Waals surface area contributed by atoms with Crippen LogP contribution in [0.2, 0.25) is 0 Å². The molecule has 0 atom stereocenters. The molecular weight excluding hydrogens is 288 g/mol. The van der Waals surface area contributed by atoms with Gasteiger partial charge in [-0.25, -0.2) is 0 Å². The minimum Gasteiger partial charge on any atom is -0.339 e. The summed E-state index contributed by atoms with van der Waals surface area (Å²) in [5.41, 5.74) is 0. The lowest BCUT2D eigenvalue weighted by Crippen LogP contribution is -2.51. The monoisotopic (exact) mass is 308 g/mol. The van der Waals surface area contributed by atoms with Crippen LogP contribution in [0.4, 0.5) is 0 Å². The Kier molecular flexibility index (Phi) is 5.50. The zero-order valence-corrected chi connectivity index (χ0v) is 13.0. The van der Waals surface area contributed by atoms with Gasteiger partial charge in [-0.15, -0.1) is 11.3 Å². The van der Waals surface area contributed by atoms with Crippen LogP contribution in [0.3, 0.4) is 0 Å². The quantitative estimate of drug-likeness (QED) is 0.824. The first kappa shape index (κ1) is 15.7. The van der Waals surface area contributed by atoms with E-state index in [1.165, 1.54) is 6.92 Å². The summed E-state index contributed by atoms with van der Waals surface area (Å²) in [5, 5.41) is 1.97. The number of Topliss-reactive ketones (excluding diaryl/α,β-unsaturated/α-hetero) is 1. The first-order valence-corrected chi connectivity index (χ1v) is 8.01. The maximum Gasteiger partial charge on any atom is 0.227 e. The van der Waals surface area contributed by atoms with Gasteiger partial charge in [0.15, 0.2) is 0 Å². The van der Waals surface area contributed by atoms with Crippen molar-refractivity contribution in [3.8, 4) is 0 Å². The molecule has 1 aromatic heterocycles. The van der Waals surface area contributed by atoms with Gasteiger partial charge in [0.1, 0.15) is 5.78 Å². The van der Waals surface area contributed by atoms with E-state index in [2.05, 4.69) is 0 Å². The summed E-state index contributed by atoms with van der Waals surface area (Å²) < 4.78 is 0. The SMILES string of the molecule is CC(=O)CCC(=O)N1CCN(C(=O)Cc2cccs2)CC1. The number of thiophene rings is 1. The van der Waals surface area contributed by atoms with Gasteiger partial charge >= 0.3 is 0 Å². The molecule has 0 spiro atoms. The molecule has 0 saturated carbocycles. The third-order valence-electron chi connectivity index (χ3n) is 3.58. The zero-order valence-electron chi connectivity index (χ0n) is 12.2. The fraction of sp³-hybridized carbons (Fsp3) is 0.533. The Morgan fingerprint density at radius 1 is 1.05 bits per heavy atom. The van der Waals surface area contributed by atoms with Crippen LogP contribution in [0.25, 0.3) is 0 Å². The van der Waals surface area contributed by atoms with Crippen LogP contribution in [-0.4, -0.2) is 53.6 Å². The minimum atomic E-state index is 0.00977. The van der Waals surface area contributed by atoms with Gasteiger partial charge in [-0.05, 0) is 18.4 Å². The molecule has 1 fully saturated rings. The Labute approximate surface area is 128 Å². The number of amides is 2. The van der Waals surface area contributed by atoms with Gasteiger partial charge in [-0.2, -0.15) is 0 Å². The van der Waals surface area contributed by atoms with Gasteiger partial charge in [-0.1, -0.05) is 6.07 Å². The van der Waals surface area contributed by atoms with E-state index in [-0.39, 0.29) is 24.0 Å². The van der Waals surface area contributed by atoms with Crippen LogP contribution in [0, 0.1) is 0 Å². The summed E-state index contributed by atoms with van der Waals surface area (Å²) >= 11 is 1.59. The molecule has 1 aromatic rings. The number of carbonyl (C=O) groups is 3. The highest BCUT2D eigenvalue weighted by Gasteiger charge is 2.24. The highest BCUT2D eigenvalue weighted by Crippen LogP contribution is 2.12. The van der Waals surface area contributed by atoms with E-state index in [0.717, 1.165) is 4.88 Å². The average molecular weight is 308 g/mol. The van der Waals surface area contributed by atoms with Crippen molar-refractivity contribution in [2.24, 2.45) is 0 Å². The minimum absolute atomic E-state index is 0.00977. The standard InChI is InChI=1S/C15H20N2O3S/c1-12(18)4-5-14(19)16-6-8-17(9-7-16)15(20)11-13-3-2-10-21-13/h2-3,10H,4-9,11H2,1H3. The van der Waals surface area contributed by atoms with Crippen LogP contribution in [0.15, 0.2) is 17.5 Å². The van der Waals surface area contributed by atoms with Crippen molar-refractivity contribution in [3.63, 3.8) is 0 Å². The molecule has 21 heavy (non-hydrogen) atoms. The summed E-state index contributed by atoms with van der Waals surface area (Å²) in [4.78, 5) is 39.6. The van der Waals surface area contributed by atoms with Crippen molar-refractivity contribution in [1.82, 2.24) is 9.80 Å². The van der Waals surface area contributed by atoms with E-state index in [4.69, 9.17) is 0 Å². The van der Waals surface area contributed by atoms with E-state index >= 15 is 0 Å². The van der Waals surface area contributed by atoms with E-state index in [9.17, 15) is 14.4 Å². The normalized spacial score (nSPS) is 15.1. The number of carbonyl (C=O) groups excluding carboxylic acids is 3. The third-order valence-corrected chi connectivity index (χ3v) is 4.46. The average Bonchev–Trinajstić information content (AvgIpc) is 2.97. The molecule has 6 heteroatoms. The Morgan fingerprint density at radius 2 is 1.67 bits per heavy atom. The number of piperazine rings is 1. The second kappa shape index (κ2) is 7.36. The molecule has 2 heterocycles. The van der Waals surface area contributed by atoms with Crippen molar-refractivity contribution < 1.29 is 14.4 Å². The Hall–Kier alpha value is -1.69. The van der Waals surface area contributed by atoms with Crippen molar-refractivity contribution >= 4 is 28.9 Å². The maximum atomic E-state index is 12.1. The smallest absolute Gasteiger partial charge is 0.227 e. The summed E-state index contributed by atoms with van der Waals surface area (Å²) in [6.07, 6.45) is 1.02. The van der Waals surface area contributed by atoms with Gasteiger partial charge in [0.2, 0.25) is 11.8 Å². The van der Waals surface area contributed by atoms with Crippen molar-refractivity contribution in [1.29, 1.82) is 0 Å². The lowest BCUT2D eigenvalue weighted by molar-refractivity contribution is -0.139. The number of ketones is 1. The molecule has 2 amide bonds. The van der Waals surface area contributed by atoms with Crippen molar-refractivity contribution in [2.75, 3.05) is 26.2 Å². The van der Waals surface area contributed by atoms with Crippen LogP contribution in [0.1, 0.15) is 24.6 Å². The predicted molar refractivity (Wildman–Crippen MR) is 81.1 cm³/mol. The molecular formula is C15H20N2O3S. The molecule has 2 rings (SSSR count). The van der Waals surface area contributed by atoms with Crippen LogP contribution >= 0.6 is 11.3 Å². The molecule has 0 aromatic carbocycles. The predicted octanol–water partition coefficient (Wildman–Crippen LogP) is 1.33. The second-order valence-corrected chi connectivity index (χ2v) is 6.25. The summed E-state index contributed by atoms with van der Waals surface area (Å²) in [5.74, 6) is 0.164. The summed E-state index contributed by atoms with van der Waals surface area (Å²) in [7, 11) is 0. The van der Waals surface area contributed by atoms with Crippen LogP contribution < -0.4 is 0 Å². The lowest BCUT2D eigenvalue weighted by atomic mass is 10.2. The molecule has 0 radical (unpaired) electrons. The van der Waals surface area contributed by atoms with Gasteiger partial charge in [0.25, 0.3) is 0 Å². The number of hydrogen-bond acceptors (Lipinski definition) is 4. The molecule has 0 aliphatic carbocycles. The number of hydrogen-bond donors (Lipinski definition) is 0. The fourth-order valence-corrected chi connectivity index (χ4v) is 3.02. The third kappa shape index (κ3) is 4.67. The van der Waals surface area contributed by atoms with Crippen molar-refractivity contribution in [3.05, 3.63) is 22.4 Å². The molecule has 0 N–H and O–H groups in total. The van der Waals surface area contributed by atoms with Gasteiger partial charge < -0.3 is 14.6 Å². The molecule has 1 saturated heterocycles. The zero-order chi connectivity index (χ0) is 15.2. The molecule has 0 bridgehead atoms.